The molecular formula is C17H19N3O. The molecule has 0 bridgehead atoms. The Labute approximate surface area is 124 Å². The molecule has 1 aliphatic rings. The van der Waals surface area contributed by atoms with Crippen LogP contribution in [0.3, 0.4) is 0 Å². The number of rotatable bonds is 2. The zero-order valence-electron chi connectivity index (χ0n) is 12.4. The number of benzene rings is 1. The van der Waals surface area contributed by atoms with Crippen LogP contribution >= 0.6 is 0 Å². The maximum atomic E-state index is 12.3. The van der Waals surface area contributed by atoms with Crippen LogP contribution in [0.25, 0.3) is 0 Å². The molecule has 0 saturated carbocycles. The second kappa shape index (κ2) is 5.56. The molecule has 0 aliphatic carbocycles. The molecule has 1 aliphatic heterocycles. The third kappa shape index (κ3) is 2.89. The highest BCUT2D eigenvalue weighted by Gasteiger charge is 2.13. The minimum Gasteiger partial charge on any atom is -0.385 e. The first-order valence-corrected chi connectivity index (χ1v) is 7.26. The molecular weight excluding hydrogens is 262 g/mol. The van der Waals surface area contributed by atoms with E-state index in [0.29, 0.717) is 5.56 Å². The molecule has 1 amide bonds. The van der Waals surface area contributed by atoms with Gasteiger partial charge in [-0.05, 0) is 56.5 Å². The van der Waals surface area contributed by atoms with Crippen molar-refractivity contribution in [1.82, 2.24) is 4.98 Å². The van der Waals surface area contributed by atoms with Gasteiger partial charge in [-0.25, -0.2) is 0 Å². The number of amides is 1. The number of aromatic nitrogens is 1. The summed E-state index contributed by atoms with van der Waals surface area (Å²) in [5.41, 5.74) is 5.54. The molecule has 0 fully saturated rings. The van der Waals surface area contributed by atoms with Gasteiger partial charge in [0.1, 0.15) is 0 Å². The Morgan fingerprint density at radius 2 is 2.10 bits per heavy atom. The molecule has 1 aromatic heterocycles. The summed E-state index contributed by atoms with van der Waals surface area (Å²) in [6, 6.07) is 9.72. The molecule has 4 heteroatoms. The van der Waals surface area contributed by atoms with Gasteiger partial charge in [-0.15, -0.1) is 0 Å². The molecule has 3 rings (SSSR count). The molecule has 21 heavy (non-hydrogen) atoms. The second-order valence-corrected chi connectivity index (χ2v) is 5.44. The number of carbonyl (C=O) groups is 1. The summed E-state index contributed by atoms with van der Waals surface area (Å²) in [6.45, 7) is 4.77. The summed E-state index contributed by atoms with van der Waals surface area (Å²) in [4.78, 5) is 16.7. The first-order valence-electron chi connectivity index (χ1n) is 7.26. The summed E-state index contributed by atoms with van der Waals surface area (Å²) in [6.07, 6.45) is 2.25. The summed E-state index contributed by atoms with van der Waals surface area (Å²) in [5, 5.41) is 6.32. The van der Waals surface area contributed by atoms with Gasteiger partial charge in [-0.3, -0.25) is 9.78 Å². The van der Waals surface area contributed by atoms with E-state index >= 15 is 0 Å². The number of anilines is 2. The van der Waals surface area contributed by atoms with Gasteiger partial charge in [0.2, 0.25) is 0 Å². The molecule has 0 atom stereocenters. The van der Waals surface area contributed by atoms with Crippen LogP contribution in [-0.4, -0.2) is 17.4 Å². The fourth-order valence-corrected chi connectivity index (χ4v) is 2.66. The van der Waals surface area contributed by atoms with E-state index in [1.807, 2.05) is 38.1 Å². The topological polar surface area (TPSA) is 54.0 Å². The smallest absolute Gasteiger partial charge is 0.257 e. The van der Waals surface area contributed by atoms with Crippen LogP contribution in [-0.2, 0) is 6.42 Å². The van der Waals surface area contributed by atoms with E-state index in [0.717, 1.165) is 42.1 Å². The van der Waals surface area contributed by atoms with Gasteiger partial charge in [0.05, 0.1) is 11.3 Å². The zero-order chi connectivity index (χ0) is 14.8. The van der Waals surface area contributed by atoms with E-state index < -0.39 is 0 Å². The fraction of sp³-hybridized carbons (Fsp3) is 0.294. The molecule has 0 spiro atoms. The highest BCUT2D eigenvalue weighted by Crippen LogP contribution is 2.25. The van der Waals surface area contributed by atoms with Crippen molar-refractivity contribution in [3.05, 3.63) is 52.8 Å². The van der Waals surface area contributed by atoms with Crippen molar-refractivity contribution in [2.45, 2.75) is 26.7 Å². The van der Waals surface area contributed by atoms with E-state index in [1.165, 1.54) is 5.56 Å². The molecule has 0 unspecified atom stereocenters. The van der Waals surface area contributed by atoms with Crippen LogP contribution in [0.15, 0.2) is 30.3 Å². The number of hydrogen-bond donors (Lipinski definition) is 2. The van der Waals surface area contributed by atoms with Crippen LogP contribution in [0.2, 0.25) is 0 Å². The van der Waals surface area contributed by atoms with Crippen molar-refractivity contribution in [2.75, 3.05) is 17.2 Å². The van der Waals surface area contributed by atoms with Crippen LogP contribution in [0.1, 0.15) is 33.7 Å². The van der Waals surface area contributed by atoms with E-state index in [1.54, 1.807) is 0 Å². The average Bonchev–Trinajstić information content (AvgIpc) is 2.47. The van der Waals surface area contributed by atoms with E-state index in [-0.39, 0.29) is 5.91 Å². The monoisotopic (exact) mass is 281 g/mol. The third-order valence-electron chi connectivity index (χ3n) is 3.78. The minimum atomic E-state index is -0.115. The summed E-state index contributed by atoms with van der Waals surface area (Å²) in [7, 11) is 0. The highest BCUT2D eigenvalue weighted by molar-refractivity contribution is 6.05. The Balaban J connectivity index is 1.81. The van der Waals surface area contributed by atoms with Gasteiger partial charge < -0.3 is 10.6 Å². The number of hydrogen-bond acceptors (Lipinski definition) is 3. The maximum absolute atomic E-state index is 12.3. The van der Waals surface area contributed by atoms with Crippen molar-refractivity contribution in [1.29, 1.82) is 0 Å². The SMILES string of the molecule is Cc1ccc(C(=O)Nc2ccc3c(c2)NCCC3)c(C)n1. The van der Waals surface area contributed by atoms with E-state index in [9.17, 15) is 4.79 Å². The van der Waals surface area contributed by atoms with Crippen molar-refractivity contribution < 1.29 is 4.79 Å². The van der Waals surface area contributed by atoms with Crippen LogP contribution in [0.4, 0.5) is 11.4 Å². The Hall–Kier alpha value is -2.36. The van der Waals surface area contributed by atoms with Gasteiger partial charge >= 0.3 is 0 Å². The number of carbonyl (C=O) groups excluding carboxylic acids is 1. The average molecular weight is 281 g/mol. The first-order chi connectivity index (χ1) is 10.1. The Morgan fingerprint density at radius 3 is 2.90 bits per heavy atom. The van der Waals surface area contributed by atoms with Gasteiger partial charge in [0, 0.05) is 23.6 Å². The van der Waals surface area contributed by atoms with Crippen molar-refractivity contribution >= 4 is 17.3 Å². The second-order valence-electron chi connectivity index (χ2n) is 5.44. The lowest BCUT2D eigenvalue weighted by Gasteiger charge is -2.19. The van der Waals surface area contributed by atoms with E-state index in [4.69, 9.17) is 0 Å². The number of nitrogens with one attached hydrogen (secondary N) is 2. The Morgan fingerprint density at radius 1 is 1.24 bits per heavy atom. The van der Waals surface area contributed by atoms with Crippen LogP contribution < -0.4 is 10.6 Å². The van der Waals surface area contributed by atoms with Gasteiger partial charge in [-0.1, -0.05) is 6.07 Å². The number of aryl methyl sites for hydroxylation is 3. The lowest BCUT2D eigenvalue weighted by Crippen LogP contribution is -2.16. The van der Waals surface area contributed by atoms with Gasteiger partial charge in [0.15, 0.2) is 0 Å². The summed E-state index contributed by atoms with van der Waals surface area (Å²) in [5.74, 6) is -0.115. The van der Waals surface area contributed by atoms with E-state index in [2.05, 4.69) is 21.7 Å². The highest BCUT2D eigenvalue weighted by atomic mass is 16.1. The molecule has 0 radical (unpaired) electrons. The van der Waals surface area contributed by atoms with Gasteiger partial charge in [0.25, 0.3) is 5.91 Å². The largest absolute Gasteiger partial charge is 0.385 e. The number of fused-ring (bicyclic) bond motifs is 1. The molecule has 2 aromatic rings. The fourth-order valence-electron chi connectivity index (χ4n) is 2.66. The number of pyridine rings is 1. The molecule has 1 aromatic carbocycles. The summed E-state index contributed by atoms with van der Waals surface area (Å²) < 4.78 is 0. The first kappa shape index (κ1) is 13.6. The van der Waals surface area contributed by atoms with Crippen molar-refractivity contribution in [3.8, 4) is 0 Å². The quantitative estimate of drug-likeness (QED) is 0.888. The maximum Gasteiger partial charge on any atom is 0.257 e. The Bertz CT molecular complexity index is 694. The standard InChI is InChI=1S/C17H19N3O/c1-11-5-8-15(12(2)19-11)17(21)20-14-7-6-13-4-3-9-18-16(13)10-14/h5-8,10,18H,3-4,9H2,1-2H3,(H,20,21). The molecule has 0 saturated heterocycles. The normalized spacial score (nSPS) is 13.2. The van der Waals surface area contributed by atoms with Crippen molar-refractivity contribution in [2.24, 2.45) is 0 Å². The lowest BCUT2D eigenvalue weighted by atomic mass is 10.0. The Kier molecular flexibility index (Phi) is 3.60. The zero-order valence-corrected chi connectivity index (χ0v) is 12.4. The molecule has 2 heterocycles. The van der Waals surface area contributed by atoms with Gasteiger partial charge in [-0.2, -0.15) is 0 Å². The van der Waals surface area contributed by atoms with Crippen LogP contribution in [0, 0.1) is 13.8 Å². The van der Waals surface area contributed by atoms with Crippen LogP contribution in [0.5, 0.6) is 0 Å². The predicted octanol–water partition coefficient (Wildman–Crippen LogP) is 3.31. The minimum absolute atomic E-state index is 0.115. The predicted molar refractivity (Wildman–Crippen MR) is 84.9 cm³/mol. The molecule has 108 valence electrons. The molecule has 2 N–H and O–H groups in total. The molecule has 4 nitrogen and oxygen atoms in total. The van der Waals surface area contributed by atoms with Crippen molar-refractivity contribution in [3.63, 3.8) is 0 Å². The third-order valence-corrected chi connectivity index (χ3v) is 3.78. The summed E-state index contributed by atoms with van der Waals surface area (Å²) >= 11 is 0. The lowest BCUT2D eigenvalue weighted by molar-refractivity contribution is 0.102. The number of nitrogens with zero attached hydrogens (tertiary/aromatic N) is 1.